The van der Waals surface area contributed by atoms with Gasteiger partial charge in [0, 0.05) is 0 Å². The standard InChI is InChI=1S/C21H18N4O4S2/c1-2-31(27,28)21-25-24-20(30-21)23-19(26)17(13-22)12-15-8-10-18(11-9-15)29-14-16-6-4-3-5-7-16/h3-12H,2,14H2,1H3,(H,23,24,26). The number of benzene rings is 2. The Bertz CT molecular complexity index is 1230. The topological polar surface area (TPSA) is 122 Å². The molecule has 2 aromatic carbocycles. The molecule has 31 heavy (non-hydrogen) atoms. The molecule has 1 heterocycles. The van der Waals surface area contributed by atoms with Crippen molar-refractivity contribution in [2.24, 2.45) is 0 Å². The monoisotopic (exact) mass is 454 g/mol. The molecule has 0 radical (unpaired) electrons. The number of carbonyl (C=O) groups is 1. The maximum absolute atomic E-state index is 12.4. The van der Waals surface area contributed by atoms with E-state index in [1.807, 2.05) is 36.4 Å². The molecule has 0 bridgehead atoms. The fourth-order valence-corrected chi connectivity index (χ4v) is 4.37. The lowest BCUT2D eigenvalue weighted by Gasteiger charge is -2.06. The summed E-state index contributed by atoms with van der Waals surface area (Å²) < 4.78 is 29.1. The number of ether oxygens (including phenoxy) is 1. The zero-order valence-corrected chi connectivity index (χ0v) is 18.1. The van der Waals surface area contributed by atoms with E-state index in [-0.39, 0.29) is 20.8 Å². The molecule has 1 amide bonds. The highest BCUT2D eigenvalue weighted by molar-refractivity contribution is 7.93. The van der Waals surface area contributed by atoms with Crippen molar-refractivity contribution in [3.63, 3.8) is 0 Å². The van der Waals surface area contributed by atoms with E-state index in [1.165, 1.54) is 13.0 Å². The van der Waals surface area contributed by atoms with Crippen LogP contribution in [0.1, 0.15) is 18.1 Å². The van der Waals surface area contributed by atoms with Crippen LogP contribution in [-0.4, -0.2) is 30.3 Å². The fraction of sp³-hybridized carbons (Fsp3) is 0.143. The molecule has 1 aromatic heterocycles. The molecule has 3 aromatic rings. The minimum Gasteiger partial charge on any atom is -0.489 e. The van der Waals surface area contributed by atoms with Gasteiger partial charge in [0.1, 0.15) is 24.0 Å². The smallest absolute Gasteiger partial charge is 0.268 e. The first-order valence-electron chi connectivity index (χ1n) is 9.17. The second-order valence-electron chi connectivity index (χ2n) is 6.24. The molecular formula is C21H18N4O4S2. The Kier molecular flexibility index (Phi) is 7.12. The van der Waals surface area contributed by atoms with Crippen LogP contribution in [0.15, 0.2) is 64.5 Å². The summed E-state index contributed by atoms with van der Waals surface area (Å²) in [5.74, 6) is -0.171. The van der Waals surface area contributed by atoms with Crippen LogP contribution in [-0.2, 0) is 21.2 Å². The van der Waals surface area contributed by atoms with Crippen molar-refractivity contribution in [2.75, 3.05) is 11.1 Å². The zero-order chi connectivity index (χ0) is 22.3. The van der Waals surface area contributed by atoms with Crippen LogP contribution in [0, 0.1) is 11.3 Å². The summed E-state index contributed by atoms with van der Waals surface area (Å²) in [7, 11) is -3.51. The number of anilines is 1. The van der Waals surface area contributed by atoms with Crippen LogP contribution in [0.25, 0.3) is 6.08 Å². The Hall–Kier alpha value is -3.55. The van der Waals surface area contributed by atoms with Crippen molar-refractivity contribution in [1.29, 1.82) is 5.26 Å². The van der Waals surface area contributed by atoms with Crippen LogP contribution < -0.4 is 10.1 Å². The van der Waals surface area contributed by atoms with E-state index >= 15 is 0 Å². The van der Waals surface area contributed by atoms with E-state index in [0.29, 0.717) is 17.9 Å². The second kappa shape index (κ2) is 9.97. The normalized spacial score (nSPS) is 11.5. The first-order valence-corrected chi connectivity index (χ1v) is 11.6. The predicted octanol–water partition coefficient (Wildman–Crippen LogP) is 3.46. The minimum atomic E-state index is -3.51. The average molecular weight is 455 g/mol. The van der Waals surface area contributed by atoms with E-state index in [9.17, 15) is 18.5 Å². The fourth-order valence-electron chi connectivity index (χ4n) is 2.39. The molecule has 0 aliphatic carbocycles. The summed E-state index contributed by atoms with van der Waals surface area (Å²) in [6, 6.07) is 18.5. The van der Waals surface area contributed by atoms with Crippen LogP contribution in [0.4, 0.5) is 5.13 Å². The van der Waals surface area contributed by atoms with Gasteiger partial charge >= 0.3 is 0 Å². The van der Waals surface area contributed by atoms with Gasteiger partial charge < -0.3 is 4.74 Å². The highest BCUT2D eigenvalue weighted by Gasteiger charge is 2.19. The third-order valence-corrected chi connectivity index (χ3v) is 7.10. The first kappa shape index (κ1) is 22.1. The molecule has 1 N–H and O–H groups in total. The van der Waals surface area contributed by atoms with E-state index in [1.54, 1.807) is 24.3 Å². The van der Waals surface area contributed by atoms with Gasteiger partial charge in [0.15, 0.2) is 0 Å². The van der Waals surface area contributed by atoms with Crippen molar-refractivity contribution < 1.29 is 17.9 Å². The van der Waals surface area contributed by atoms with E-state index in [4.69, 9.17) is 4.74 Å². The number of nitrogens with one attached hydrogen (secondary N) is 1. The summed E-state index contributed by atoms with van der Waals surface area (Å²) in [5.41, 5.74) is 1.51. The molecule has 0 atom stereocenters. The summed E-state index contributed by atoms with van der Waals surface area (Å²) in [6.07, 6.45) is 1.42. The van der Waals surface area contributed by atoms with E-state index in [2.05, 4.69) is 15.5 Å². The SMILES string of the molecule is CCS(=O)(=O)c1nnc(NC(=O)C(C#N)=Cc2ccc(OCc3ccccc3)cc2)s1. The van der Waals surface area contributed by atoms with Crippen molar-refractivity contribution in [2.45, 2.75) is 17.9 Å². The lowest BCUT2D eigenvalue weighted by Crippen LogP contribution is -2.13. The maximum atomic E-state index is 12.4. The van der Waals surface area contributed by atoms with Gasteiger partial charge in [-0.25, -0.2) is 8.42 Å². The molecule has 0 unspecified atom stereocenters. The number of hydrogen-bond donors (Lipinski definition) is 1. The van der Waals surface area contributed by atoms with E-state index < -0.39 is 15.7 Å². The number of aromatic nitrogens is 2. The highest BCUT2D eigenvalue weighted by Crippen LogP contribution is 2.22. The largest absolute Gasteiger partial charge is 0.489 e. The number of hydrogen-bond acceptors (Lipinski definition) is 8. The van der Waals surface area contributed by atoms with Gasteiger partial charge in [0.05, 0.1) is 5.75 Å². The van der Waals surface area contributed by atoms with Crippen molar-refractivity contribution in [3.05, 3.63) is 71.3 Å². The molecular weight excluding hydrogens is 436 g/mol. The van der Waals surface area contributed by atoms with Crippen molar-refractivity contribution >= 4 is 38.3 Å². The van der Waals surface area contributed by atoms with Gasteiger partial charge in [-0.3, -0.25) is 10.1 Å². The van der Waals surface area contributed by atoms with Crippen LogP contribution >= 0.6 is 11.3 Å². The average Bonchev–Trinajstić information content (AvgIpc) is 3.27. The van der Waals surface area contributed by atoms with Gasteiger partial charge in [-0.05, 0) is 29.3 Å². The Labute approximate surface area is 183 Å². The molecule has 0 fully saturated rings. The summed E-state index contributed by atoms with van der Waals surface area (Å²) in [6.45, 7) is 1.92. The molecule has 0 aliphatic rings. The number of carbonyl (C=O) groups excluding carboxylic acids is 1. The van der Waals surface area contributed by atoms with Crippen molar-refractivity contribution in [1.82, 2.24) is 10.2 Å². The minimum absolute atomic E-state index is 0.00262. The lowest BCUT2D eigenvalue weighted by molar-refractivity contribution is -0.112. The summed E-state index contributed by atoms with van der Waals surface area (Å²) >= 11 is 0.737. The van der Waals surface area contributed by atoms with E-state index in [0.717, 1.165) is 16.9 Å². The molecule has 3 rings (SSSR count). The molecule has 8 nitrogen and oxygen atoms in total. The van der Waals surface area contributed by atoms with Gasteiger partial charge in [-0.2, -0.15) is 5.26 Å². The number of amides is 1. The molecule has 0 saturated carbocycles. The summed E-state index contributed by atoms with van der Waals surface area (Å²) in [5, 5.41) is 19.0. The Morgan fingerprint density at radius 2 is 1.87 bits per heavy atom. The molecule has 10 heteroatoms. The molecule has 0 saturated heterocycles. The third-order valence-electron chi connectivity index (χ3n) is 4.08. The zero-order valence-electron chi connectivity index (χ0n) is 16.5. The second-order valence-corrected chi connectivity index (χ2v) is 9.67. The number of sulfone groups is 1. The van der Waals surface area contributed by atoms with Crippen LogP contribution in [0.5, 0.6) is 5.75 Å². The van der Waals surface area contributed by atoms with Gasteiger partial charge in [0.2, 0.25) is 19.3 Å². The maximum Gasteiger partial charge on any atom is 0.268 e. The van der Waals surface area contributed by atoms with Gasteiger partial charge in [-0.15, -0.1) is 10.2 Å². The Morgan fingerprint density at radius 3 is 2.52 bits per heavy atom. The lowest BCUT2D eigenvalue weighted by atomic mass is 10.1. The van der Waals surface area contributed by atoms with Gasteiger partial charge in [0.25, 0.3) is 5.91 Å². The van der Waals surface area contributed by atoms with Crippen LogP contribution in [0.2, 0.25) is 0 Å². The molecule has 0 spiro atoms. The van der Waals surface area contributed by atoms with Crippen LogP contribution in [0.3, 0.4) is 0 Å². The Balaban J connectivity index is 1.65. The number of nitrogens with zero attached hydrogens (tertiary/aromatic N) is 3. The number of nitriles is 1. The number of rotatable bonds is 8. The molecule has 0 aliphatic heterocycles. The highest BCUT2D eigenvalue weighted by atomic mass is 32.2. The first-order chi connectivity index (χ1) is 14.9. The predicted molar refractivity (Wildman–Crippen MR) is 117 cm³/mol. The van der Waals surface area contributed by atoms with Crippen molar-refractivity contribution in [3.8, 4) is 11.8 Å². The third kappa shape index (κ3) is 5.97. The van der Waals surface area contributed by atoms with Gasteiger partial charge in [-0.1, -0.05) is 60.7 Å². The quantitative estimate of drug-likeness (QED) is 0.314. The summed E-state index contributed by atoms with van der Waals surface area (Å²) in [4.78, 5) is 12.4. The molecule has 158 valence electrons. The Morgan fingerprint density at radius 1 is 1.16 bits per heavy atom.